The Labute approximate surface area is 147 Å². The van der Waals surface area contributed by atoms with E-state index in [9.17, 15) is 13.2 Å². The Kier molecular flexibility index (Phi) is 4.99. The molecule has 0 aliphatic carbocycles. The number of fused-ring (bicyclic) bond motifs is 1. The Morgan fingerprint density at radius 3 is 2.52 bits per heavy atom. The molecule has 1 fully saturated rings. The largest absolute Gasteiger partial charge is 0.422 e. The number of hydrogen-bond acceptors (Lipinski definition) is 5. The number of nitrogens with two attached hydrogens (primary N) is 1. The maximum Gasteiger partial charge on any atom is 0.336 e. The zero-order valence-electron chi connectivity index (χ0n) is 14.6. The summed E-state index contributed by atoms with van der Waals surface area (Å²) >= 11 is 0. The molecule has 2 N–H and O–H groups in total. The van der Waals surface area contributed by atoms with Crippen molar-refractivity contribution in [1.29, 1.82) is 0 Å². The van der Waals surface area contributed by atoms with Crippen molar-refractivity contribution in [2.75, 3.05) is 18.8 Å². The van der Waals surface area contributed by atoms with Crippen LogP contribution in [0.1, 0.15) is 29.5 Å². The lowest BCUT2D eigenvalue weighted by atomic mass is 9.98. The summed E-state index contributed by atoms with van der Waals surface area (Å²) < 4.78 is 27.9. The van der Waals surface area contributed by atoms with Gasteiger partial charge in [-0.3, -0.25) is 4.90 Å². The molecule has 7 heteroatoms. The van der Waals surface area contributed by atoms with Crippen molar-refractivity contribution in [3.05, 3.63) is 45.3 Å². The number of nitrogens with zero attached hydrogens (tertiary/aromatic N) is 1. The molecule has 1 saturated heterocycles. The van der Waals surface area contributed by atoms with E-state index in [1.54, 1.807) is 6.07 Å². The monoisotopic (exact) mass is 364 g/mol. The van der Waals surface area contributed by atoms with Gasteiger partial charge in [-0.25, -0.2) is 18.4 Å². The van der Waals surface area contributed by atoms with Gasteiger partial charge in [-0.2, -0.15) is 0 Å². The van der Waals surface area contributed by atoms with Crippen molar-refractivity contribution in [3.63, 3.8) is 0 Å². The molecular formula is C18H24N2O4S. The number of piperidine rings is 1. The Bertz CT molecular complexity index is 941. The highest BCUT2D eigenvalue weighted by Crippen LogP contribution is 2.25. The van der Waals surface area contributed by atoms with E-state index < -0.39 is 10.0 Å². The number of likely N-dealkylation sites (tertiary alicyclic amines) is 1. The predicted octanol–water partition coefficient (Wildman–Crippen LogP) is 1.91. The molecular weight excluding hydrogens is 340 g/mol. The number of rotatable bonds is 4. The van der Waals surface area contributed by atoms with Gasteiger partial charge in [-0.15, -0.1) is 0 Å². The van der Waals surface area contributed by atoms with Gasteiger partial charge in [0.15, 0.2) is 0 Å². The Balaban J connectivity index is 1.79. The van der Waals surface area contributed by atoms with Crippen molar-refractivity contribution in [2.24, 2.45) is 11.1 Å². The fourth-order valence-electron chi connectivity index (χ4n) is 3.69. The molecule has 2 aromatic rings. The third-order valence-corrected chi connectivity index (χ3v) is 5.76. The molecule has 0 radical (unpaired) electrons. The van der Waals surface area contributed by atoms with E-state index >= 15 is 0 Å². The fraction of sp³-hybridized carbons (Fsp3) is 0.500. The summed E-state index contributed by atoms with van der Waals surface area (Å²) in [5, 5.41) is 6.12. The van der Waals surface area contributed by atoms with Crippen molar-refractivity contribution in [1.82, 2.24) is 4.90 Å². The second-order valence-corrected chi connectivity index (χ2v) is 8.76. The average Bonchev–Trinajstić information content (AvgIpc) is 2.49. The van der Waals surface area contributed by atoms with Gasteiger partial charge in [0.1, 0.15) is 5.58 Å². The highest BCUT2D eigenvalue weighted by molar-refractivity contribution is 7.89. The van der Waals surface area contributed by atoms with Crippen molar-refractivity contribution in [3.8, 4) is 0 Å². The van der Waals surface area contributed by atoms with Crippen molar-refractivity contribution in [2.45, 2.75) is 33.2 Å². The number of benzene rings is 1. The molecule has 25 heavy (non-hydrogen) atoms. The molecule has 1 aliphatic heterocycles. The van der Waals surface area contributed by atoms with E-state index in [2.05, 4.69) is 4.90 Å². The summed E-state index contributed by atoms with van der Waals surface area (Å²) in [7, 11) is -3.42. The van der Waals surface area contributed by atoms with E-state index in [1.807, 2.05) is 26.0 Å². The summed E-state index contributed by atoms with van der Waals surface area (Å²) in [4.78, 5) is 14.2. The van der Waals surface area contributed by atoms with Gasteiger partial charge in [0.2, 0.25) is 10.0 Å². The summed E-state index contributed by atoms with van der Waals surface area (Å²) in [5.74, 6) is 0.171. The van der Waals surface area contributed by atoms with Gasteiger partial charge in [0, 0.05) is 18.0 Å². The smallest absolute Gasteiger partial charge is 0.336 e. The van der Waals surface area contributed by atoms with Gasteiger partial charge in [-0.05, 0) is 68.5 Å². The normalized spacial score (nSPS) is 17.2. The summed E-state index contributed by atoms with van der Waals surface area (Å²) in [5.41, 5.74) is 3.37. The molecule has 2 heterocycles. The molecule has 0 saturated carbocycles. The van der Waals surface area contributed by atoms with Gasteiger partial charge in [0.25, 0.3) is 0 Å². The second-order valence-electron chi connectivity index (χ2n) is 7.10. The predicted molar refractivity (Wildman–Crippen MR) is 97.9 cm³/mol. The van der Waals surface area contributed by atoms with Crippen LogP contribution >= 0.6 is 0 Å². The first-order valence-electron chi connectivity index (χ1n) is 8.48. The van der Waals surface area contributed by atoms with E-state index in [0.717, 1.165) is 48.0 Å². The molecule has 6 nitrogen and oxygen atoms in total. The van der Waals surface area contributed by atoms with E-state index in [0.29, 0.717) is 12.1 Å². The molecule has 136 valence electrons. The van der Waals surface area contributed by atoms with Crippen LogP contribution in [-0.2, 0) is 16.6 Å². The molecule has 0 atom stereocenters. The van der Waals surface area contributed by atoms with Gasteiger partial charge in [0.05, 0.1) is 5.75 Å². The van der Waals surface area contributed by atoms with E-state index in [-0.39, 0.29) is 17.3 Å². The standard InChI is InChI=1S/C18H24N2O4S/c1-12-7-13(2)18-16(8-12)15(9-17(21)24-18)10-20-5-3-14(4-6-20)11-25(19,22)23/h7-9,14H,3-6,10-11H2,1-2H3,(H2,19,22,23). The van der Waals surface area contributed by atoms with Crippen LogP contribution in [0.2, 0.25) is 0 Å². The summed E-state index contributed by atoms with van der Waals surface area (Å²) in [6, 6.07) is 5.62. The molecule has 1 aliphatic rings. The third kappa shape index (κ3) is 4.48. The van der Waals surface area contributed by atoms with Crippen LogP contribution in [0.5, 0.6) is 0 Å². The van der Waals surface area contributed by atoms with Crippen LogP contribution in [-0.4, -0.2) is 32.2 Å². The number of primary sulfonamides is 1. The minimum absolute atomic E-state index is 0.0527. The fourth-order valence-corrected chi connectivity index (χ4v) is 4.68. The van der Waals surface area contributed by atoms with E-state index in [1.165, 1.54) is 0 Å². The molecule has 3 rings (SSSR count). The highest BCUT2D eigenvalue weighted by atomic mass is 32.2. The minimum Gasteiger partial charge on any atom is -0.422 e. The number of aryl methyl sites for hydroxylation is 2. The average molecular weight is 364 g/mol. The van der Waals surface area contributed by atoms with Crippen LogP contribution in [0.15, 0.2) is 27.4 Å². The van der Waals surface area contributed by atoms with Crippen LogP contribution in [0.25, 0.3) is 11.0 Å². The third-order valence-electron chi connectivity index (χ3n) is 4.83. The Hall–Kier alpha value is -1.70. The summed E-state index contributed by atoms with van der Waals surface area (Å²) in [6.45, 7) is 6.23. The maximum absolute atomic E-state index is 11.9. The maximum atomic E-state index is 11.9. The molecule has 1 aromatic heterocycles. The van der Waals surface area contributed by atoms with Crippen molar-refractivity contribution >= 4 is 21.0 Å². The SMILES string of the molecule is Cc1cc(C)c2oc(=O)cc(CN3CCC(CS(N)(=O)=O)CC3)c2c1. The van der Waals surface area contributed by atoms with Gasteiger partial charge in [-0.1, -0.05) is 6.07 Å². The molecule has 0 unspecified atom stereocenters. The quantitative estimate of drug-likeness (QED) is 0.837. The lowest BCUT2D eigenvalue weighted by Gasteiger charge is -2.31. The number of hydrogen-bond donors (Lipinski definition) is 1. The number of sulfonamides is 1. The molecule has 0 spiro atoms. The zero-order chi connectivity index (χ0) is 18.2. The second kappa shape index (κ2) is 6.90. The lowest BCUT2D eigenvalue weighted by molar-refractivity contribution is 0.186. The van der Waals surface area contributed by atoms with Crippen molar-refractivity contribution < 1.29 is 12.8 Å². The van der Waals surface area contributed by atoms with Crippen LogP contribution in [0.4, 0.5) is 0 Å². The van der Waals surface area contributed by atoms with E-state index in [4.69, 9.17) is 9.56 Å². The van der Waals surface area contributed by atoms with Gasteiger partial charge < -0.3 is 4.42 Å². The molecule has 0 bridgehead atoms. The Morgan fingerprint density at radius 1 is 1.20 bits per heavy atom. The lowest BCUT2D eigenvalue weighted by Crippen LogP contribution is -2.36. The first-order chi connectivity index (χ1) is 11.7. The Morgan fingerprint density at radius 2 is 1.88 bits per heavy atom. The minimum atomic E-state index is -3.42. The van der Waals surface area contributed by atoms with Crippen LogP contribution < -0.4 is 10.8 Å². The zero-order valence-corrected chi connectivity index (χ0v) is 15.4. The van der Waals surface area contributed by atoms with Gasteiger partial charge >= 0.3 is 5.63 Å². The molecule has 1 aromatic carbocycles. The van der Waals surface area contributed by atoms with Crippen LogP contribution in [0.3, 0.4) is 0 Å². The topological polar surface area (TPSA) is 93.6 Å². The highest BCUT2D eigenvalue weighted by Gasteiger charge is 2.23. The first kappa shape index (κ1) is 18.1. The molecule has 0 amide bonds. The first-order valence-corrected chi connectivity index (χ1v) is 10.2. The van der Waals surface area contributed by atoms with Crippen LogP contribution in [0, 0.1) is 19.8 Å². The summed E-state index contributed by atoms with van der Waals surface area (Å²) in [6.07, 6.45) is 1.60.